The van der Waals surface area contributed by atoms with Crippen molar-refractivity contribution in [2.24, 2.45) is 0 Å². The molecule has 0 fully saturated rings. The van der Waals surface area contributed by atoms with Gasteiger partial charge in [-0.25, -0.2) is 0 Å². The van der Waals surface area contributed by atoms with Crippen molar-refractivity contribution in [3.05, 3.63) is 33.8 Å². The lowest BCUT2D eigenvalue weighted by molar-refractivity contribution is -0.135. The molecular weight excluding hydrogens is 223 g/mol. The Morgan fingerprint density at radius 1 is 1.36 bits per heavy atom. The molecule has 0 unspecified atom stereocenters. The number of carboxylic acid groups (broad SMARTS) is 1. The van der Waals surface area contributed by atoms with Crippen LogP contribution in [0.3, 0.4) is 0 Å². The summed E-state index contributed by atoms with van der Waals surface area (Å²) >= 11 is 11.6. The Kier molecular flexibility index (Phi) is 3.82. The van der Waals surface area contributed by atoms with Crippen molar-refractivity contribution in [1.82, 2.24) is 0 Å². The summed E-state index contributed by atoms with van der Waals surface area (Å²) in [7, 11) is 0. The van der Waals surface area contributed by atoms with Crippen molar-refractivity contribution in [2.75, 3.05) is 0 Å². The molecule has 0 atom stereocenters. The Morgan fingerprint density at radius 2 is 1.93 bits per heavy atom. The first-order valence-electron chi connectivity index (χ1n) is 3.76. The standard InChI is InChI=1S/C10H6Cl2O2/c11-8-4-2-5-9(12)7(8)3-1-6-10(13)14/h2,4-5H,6H2,(H,13,14). The molecule has 0 bridgehead atoms. The highest BCUT2D eigenvalue weighted by atomic mass is 35.5. The summed E-state index contributed by atoms with van der Waals surface area (Å²) < 4.78 is 0. The van der Waals surface area contributed by atoms with Crippen LogP contribution in [0.4, 0.5) is 0 Å². The predicted octanol–water partition coefficient (Wildman–Crippen LogP) is 2.82. The van der Waals surface area contributed by atoms with Gasteiger partial charge in [0.15, 0.2) is 0 Å². The summed E-state index contributed by atoms with van der Waals surface area (Å²) in [5.41, 5.74) is 0.470. The fraction of sp³-hybridized carbons (Fsp3) is 0.100. The molecule has 0 aliphatic carbocycles. The van der Waals surface area contributed by atoms with Crippen molar-refractivity contribution in [3.8, 4) is 11.8 Å². The summed E-state index contributed by atoms with van der Waals surface area (Å²) in [6.07, 6.45) is -0.221. The number of carbonyl (C=O) groups is 1. The van der Waals surface area contributed by atoms with Crippen LogP contribution < -0.4 is 0 Å². The van der Waals surface area contributed by atoms with E-state index in [-0.39, 0.29) is 6.42 Å². The summed E-state index contributed by atoms with van der Waals surface area (Å²) in [6, 6.07) is 5.00. The number of aliphatic carboxylic acids is 1. The summed E-state index contributed by atoms with van der Waals surface area (Å²) in [6.45, 7) is 0. The van der Waals surface area contributed by atoms with Gasteiger partial charge < -0.3 is 5.11 Å². The first-order chi connectivity index (χ1) is 6.61. The first-order valence-corrected chi connectivity index (χ1v) is 4.51. The largest absolute Gasteiger partial charge is 0.481 e. The van der Waals surface area contributed by atoms with Crippen molar-refractivity contribution in [1.29, 1.82) is 0 Å². The second-order valence-electron chi connectivity index (χ2n) is 2.47. The molecular formula is C10H6Cl2O2. The average Bonchev–Trinajstić information content (AvgIpc) is 2.09. The van der Waals surface area contributed by atoms with Gasteiger partial charge in [0.05, 0.1) is 15.6 Å². The second kappa shape index (κ2) is 4.90. The minimum absolute atomic E-state index is 0.221. The third kappa shape index (κ3) is 2.95. The Labute approximate surface area is 91.5 Å². The lowest BCUT2D eigenvalue weighted by atomic mass is 10.2. The quantitative estimate of drug-likeness (QED) is 0.751. The number of carboxylic acids is 1. The van der Waals surface area contributed by atoms with E-state index in [9.17, 15) is 4.79 Å². The van der Waals surface area contributed by atoms with Crippen LogP contribution >= 0.6 is 23.2 Å². The maximum atomic E-state index is 10.2. The van der Waals surface area contributed by atoms with Crippen LogP contribution in [0.5, 0.6) is 0 Å². The molecule has 2 nitrogen and oxygen atoms in total. The van der Waals surface area contributed by atoms with Gasteiger partial charge in [0, 0.05) is 0 Å². The summed E-state index contributed by atoms with van der Waals surface area (Å²) in [5, 5.41) is 9.21. The monoisotopic (exact) mass is 228 g/mol. The number of rotatable bonds is 1. The molecule has 0 radical (unpaired) electrons. The Bertz CT molecular complexity index is 396. The molecule has 0 spiro atoms. The van der Waals surface area contributed by atoms with Crippen LogP contribution in [0.25, 0.3) is 0 Å². The van der Waals surface area contributed by atoms with Crippen LogP contribution in [-0.4, -0.2) is 11.1 Å². The van der Waals surface area contributed by atoms with Crippen molar-refractivity contribution in [3.63, 3.8) is 0 Å². The van der Waals surface area contributed by atoms with E-state index in [1.165, 1.54) is 0 Å². The molecule has 0 saturated heterocycles. The van der Waals surface area contributed by atoms with Crippen molar-refractivity contribution >= 4 is 29.2 Å². The van der Waals surface area contributed by atoms with E-state index in [0.717, 1.165) is 0 Å². The maximum Gasteiger partial charge on any atom is 0.315 e. The van der Waals surface area contributed by atoms with Gasteiger partial charge in [0.1, 0.15) is 6.42 Å². The molecule has 1 rings (SSSR count). The van der Waals surface area contributed by atoms with E-state index in [2.05, 4.69) is 11.8 Å². The van der Waals surface area contributed by atoms with Crippen molar-refractivity contribution in [2.45, 2.75) is 6.42 Å². The molecule has 72 valence electrons. The summed E-state index contributed by atoms with van der Waals surface area (Å²) in [5.74, 6) is 4.11. The molecule has 4 heteroatoms. The summed E-state index contributed by atoms with van der Waals surface area (Å²) in [4.78, 5) is 10.2. The Balaban J connectivity index is 2.94. The Hall–Kier alpha value is -1.17. The van der Waals surface area contributed by atoms with Crippen LogP contribution in [0.1, 0.15) is 12.0 Å². The molecule has 0 saturated carbocycles. The molecule has 14 heavy (non-hydrogen) atoms. The highest BCUT2D eigenvalue weighted by Crippen LogP contribution is 2.22. The molecule has 0 amide bonds. The van der Waals surface area contributed by atoms with E-state index in [1.54, 1.807) is 18.2 Å². The molecule has 1 N–H and O–H groups in total. The van der Waals surface area contributed by atoms with Gasteiger partial charge >= 0.3 is 5.97 Å². The maximum absolute atomic E-state index is 10.2. The van der Waals surface area contributed by atoms with E-state index in [1.807, 2.05) is 0 Å². The van der Waals surface area contributed by atoms with E-state index >= 15 is 0 Å². The van der Waals surface area contributed by atoms with Gasteiger partial charge in [-0.05, 0) is 12.1 Å². The zero-order valence-electron chi connectivity index (χ0n) is 7.05. The topological polar surface area (TPSA) is 37.3 Å². The highest BCUT2D eigenvalue weighted by Gasteiger charge is 2.01. The Morgan fingerprint density at radius 3 is 2.43 bits per heavy atom. The van der Waals surface area contributed by atoms with E-state index in [0.29, 0.717) is 15.6 Å². The van der Waals surface area contributed by atoms with Gasteiger partial charge in [-0.3, -0.25) is 4.79 Å². The normalized spacial score (nSPS) is 9.00. The fourth-order valence-electron chi connectivity index (χ4n) is 0.825. The SMILES string of the molecule is O=C(O)CC#Cc1c(Cl)cccc1Cl. The van der Waals surface area contributed by atoms with E-state index in [4.69, 9.17) is 28.3 Å². The molecule has 0 aliphatic heterocycles. The zero-order chi connectivity index (χ0) is 10.6. The lowest BCUT2D eigenvalue weighted by Gasteiger charge is -1.97. The number of benzene rings is 1. The van der Waals surface area contributed by atoms with Crippen LogP contribution in [0.15, 0.2) is 18.2 Å². The van der Waals surface area contributed by atoms with Gasteiger partial charge in [-0.2, -0.15) is 0 Å². The average molecular weight is 229 g/mol. The first kappa shape index (κ1) is 10.9. The molecule has 0 heterocycles. The fourth-order valence-corrected chi connectivity index (χ4v) is 1.32. The molecule has 1 aromatic carbocycles. The molecule has 0 aromatic heterocycles. The van der Waals surface area contributed by atoms with Gasteiger partial charge in [0.2, 0.25) is 0 Å². The highest BCUT2D eigenvalue weighted by molar-refractivity contribution is 6.36. The van der Waals surface area contributed by atoms with Crippen molar-refractivity contribution < 1.29 is 9.90 Å². The lowest BCUT2D eigenvalue weighted by Crippen LogP contribution is -1.90. The second-order valence-corrected chi connectivity index (χ2v) is 3.28. The molecule has 0 aliphatic rings. The third-order valence-electron chi connectivity index (χ3n) is 1.42. The number of hydrogen-bond acceptors (Lipinski definition) is 1. The number of hydrogen-bond donors (Lipinski definition) is 1. The van der Waals surface area contributed by atoms with Crippen LogP contribution in [-0.2, 0) is 4.79 Å². The molecule has 1 aromatic rings. The predicted molar refractivity (Wildman–Crippen MR) is 55.6 cm³/mol. The van der Waals surface area contributed by atoms with Crippen LogP contribution in [0, 0.1) is 11.8 Å². The van der Waals surface area contributed by atoms with Gasteiger partial charge in [-0.1, -0.05) is 41.1 Å². The minimum Gasteiger partial charge on any atom is -0.481 e. The number of halogens is 2. The minimum atomic E-state index is -0.972. The van der Waals surface area contributed by atoms with Gasteiger partial charge in [0.25, 0.3) is 0 Å². The van der Waals surface area contributed by atoms with Gasteiger partial charge in [-0.15, -0.1) is 0 Å². The van der Waals surface area contributed by atoms with Crippen LogP contribution in [0.2, 0.25) is 10.0 Å². The smallest absolute Gasteiger partial charge is 0.315 e. The zero-order valence-corrected chi connectivity index (χ0v) is 8.56. The van der Waals surface area contributed by atoms with E-state index < -0.39 is 5.97 Å². The third-order valence-corrected chi connectivity index (χ3v) is 2.05.